The van der Waals surface area contributed by atoms with Crippen LogP contribution in [0.3, 0.4) is 0 Å². The summed E-state index contributed by atoms with van der Waals surface area (Å²) in [4.78, 5) is 24.2. The highest BCUT2D eigenvalue weighted by Crippen LogP contribution is 2.20. The van der Waals surface area contributed by atoms with Crippen molar-refractivity contribution >= 4 is 17.4 Å². The molecule has 1 rings (SSSR count). The molecule has 19 heavy (non-hydrogen) atoms. The molecule has 0 saturated carbocycles. The largest absolute Gasteiger partial charge is 0.481 e. The molecule has 0 saturated heterocycles. The average molecular weight is 263 g/mol. The Balaban J connectivity index is 2.93. The van der Waals surface area contributed by atoms with Crippen molar-refractivity contribution in [3.63, 3.8) is 0 Å². The van der Waals surface area contributed by atoms with Crippen molar-refractivity contribution in [2.24, 2.45) is 5.92 Å². The lowest BCUT2D eigenvalue weighted by Gasteiger charge is -2.30. The highest BCUT2D eigenvalue weighted by Gasteiger charge is 2.18. The van der Waals surface area contributed by atoms with E-state index in [4.69, 9.17) is 5.11 Å². The number of benzene rings is 1. The molecule has 0 amide bonds. The molecule has 1 atom stereocenters. The summed E-state index contributed by atoms with van der Waals surface area (Å²) in [7, 11) is 0. The van der Waals surface area contributed by atoms with Crippen LogP contribution in [0.5, 0.6) is 0 Å². The third-order valence-corrected chi connectivity index (χ3v) is 3.12. The van der Waals surface area contributed by atoms with Gasteiger partial charge in [0.2, 0.25) is 0 Å². The Morgan fingerprint density at radius 1 is 1.16 bits per heavy atom. The van der Waals surface area contributed by atoms with Gasteiger partial charge >= 0.3 is 5.97 Å². The van der Waals surface area contributed by atoms with Gasteiger partial charge in [0.25, 0.3) is 0 Å². The van der Waals surface area contributed by atoms with Gasteiger partial charge in [0.05, 0.1) is 5.92 Å². The number of Topliss-reactive ketones (excluding diaryl/α,β-unsaturated/α-hetero) is 1. The van der Waals surface area contributed by atoms with Gasteiger partial charge in [-0.3, -0.25) is 9.59 Å². The molecule has 1 N–H and O–H groups in total. The van der Waals surface area contributed by atoms with E-state index in [0.29, 0.717) is 12.1 Å². The van der Waals surface area contributed by atoms with Gasteiger partial charge in [0.15, 0.2) is 5.78 Å². The van der Waals surface area contributed by atoms with Gasteiger partial charge < -0.3 is 10.0 Å². The van der Waals surface area contributed by atoms with Crippen LogP contribution in [0.2, 0.25) is 0 Å². The van der Waals surface area contributed by atoms with E-state index in [1.54, 1.807) is 19.1 Å². The Hall–Kier alpha value is -1.84. The van der Waals surface area contributed by atoms with Crippen LogP contribution >= 0.6 is 0 Å². The number of carboxylic acids is 1. The normalized spacial score (nSPS) is 12.3. The molecule has 1 unspecified atom stereocenters. The third kappa shape index (κ3) is 4.09. The van der Waals surface area contributed by atoms with Crippen molar-refractivity contribution in [3.05, 3.63) is 29.8 Å². The maximum Gasteiger partial charge on any atom is 0.308 e. The average Bonchev–Trinajstić information content (AvgIpc) is 2.35. The topological polar surface area (TPSA) is 57.6 Å². The molecule has 0 heterocycles. The number of carbonyl (C=O) groups is 2. The predicted octanol–water partition coefficient (Wildman–Crippen LogP) is 2.82. The van der Waals surface area contributed by atoms with E-state index >= 15 is 0 Å². The van der Waals surface area contributed by atoms with Crippen LogP contribution in [0.4, 0.5) is 5.69 Å². The number of carboxylic acid groups (broad SMARTS) is 1. The van der Waals surface area contributed by atoms with Gasteiger partial charge in [-0.2, -0.15) is 0 Å². The molecule has 0 bridgehead atoms. The van der Waals surface area contributed by atoms with Crippen LogP contribution in [0, 0.1) is 5.92 Å². The molecule has 0 aliphatic heterocycles. The minimum absolute atomic E-state index is 0.0292. The molecule has 0 aliphatic rings. The van der Waals surface area contributed by atoms with Crippen LogP contribution < -0.4 is 4.90 Å². The maximum atomic E-state index is 11.2. The number of rotatable bonds is 6. The first-order valence-electron chi connectivity index (χ1n) is 6.43. The van der Waals surface area contributed by atoms with Crippen molar-refractivity contribution in [2.75, 3.05) is 11.4 Å². The predicted molar refractivity (Wildman–Crippen MR) is 75.7 cm³/mol. The second-order valence-electron chi connectivity index (χ2n) is 5.09. The van der Waals surface area contributed by atoms with Crippen LogP contribution in [-0.4, -0.2) is 29.4 Å². The van der Waals surface area contributed by atoms with Gasteiger partial charge in [0.1, 0.15) is 0 Å². The molecular formula is C15H21NO3. The van der Waals surface area contributed by atoms with Crippen LogP contribution in [0.25, 0.3) is 0 Å². The zero-order valence-electron chi connectivity index (χ0n) is 11.9. The fourth-order valence-electron chi connectivity index (χ4n) is 1.88. The Labute approximate surface area is 114 Å². The Morgan fingerprint density at radius 2 is 1.68 bits per heavy atom. The second kappa shape index (κ2) is 6.36. The zero-order valence-corrected chi connectivity index (χ0v) is 11.9. The first kappa shape index (κ1) is 15.2. The summed E-state index contributed by atoms with van der Waals surface area (Å²) >= 11 is 0. The summed E-state index contributed by atoms with van der Waals surface area (Å²) in [5, 5.41) is 9.01. The van der Waals surface area contributed by atoms with Crippen LogP contribution in [-0.2, 0) is 4.79 Å². The number of nitrogens with zero attached hydrogens (tertiary/aromatic N) is 1. The molecular weight excluding hydrogens is 242 g/mol. The molecule has 1 aromatic rings. The van der Waals surface area contributed by atoms with Gasteiger partial charge in [-0.05, 0) is 45.0 Å². The van der Waals surface area contributed by atoms with Gasteiger partial charge in [0, 0.05) is 23.8 Å². The van der Waals surface area contributed by atoms with Gasteiger partial charge in [-0.1, -0.05) is 6.92 Å². The minimum Gasteiger partial charge on any atom is -0.481 e. The molecule has 4 heteroatoms. The smallest absolute Gasteiger partial charge is 0.308 e. The Bertz CT molecular complexity index is 451. The SMILES string of the molecule is CC(=O)c1ccc(N(CC(C)C(=O)O)C(C)C)cc1. The lowest BCUT2D eigenvalue weighted by molar-refractivity contribution is -0.140. The second-order valence-corrected chi connectivity index (χ2v) is 5.09. The van der Waals surface area contributed by atoms with E-state index in [2.05, 4.69) is 0 Å². The van der Waals surface area contributed by atoms with Crippen molar-refractivity contribution < 1.29 is 14.7 Å². The van der Waals surface area contributed by atoms with E-state index in [1.165, 1.54) is 6.92 Å². The fraction of sp³-hybridized carbons (Fsp3) is 0.467. The number of ketones is 1. The minimum atomic E-state index is -0.800. The molecule has 1 aromatic carbocycles. The van der Waals surface area contributed by atoms with Gasteiger partial charge in [-0.25, -0.2) is 0 Å². The summed E-state index contributed by atoms with van der Waals surface area (Å²) in [5.74, 6) is -1.21. The first-order valence-corrected chi connectivity index (χ1v) is 6.43. The van der Waals surface area contributed by atoms with E-state index < -0.39 is 11.9 Å². The molecule has 0 aromatic heterocycles. The molecule has 104 valence electrons. The summed E-state index contributed by atoms with van der Waals surface area (Å²) in [5.41, 5.74) is 1.60. The number of hydrogen-bond acceptors (Lipinski definition) is 3. The number of aliphatic carboxylic acids is 1. The number of hydrogen-bond donors (Lipinski definition) is 1. The number of anilines is 1. The standard InChI is InChI=1S/C15H21NO3/c1-10(2)16(9-11(3)15(18)19)14-7-5-13(6-8-14)12(4)17/h5-8,10-11H,9H2,1-4H3,(H,18,19). The Morgan fingerprint density at radius 3 is 2.05 bits per heavy atom. The molecule has 0 aliphatic carbocycles. The van der Waals surface area contributed by atoms with Crippen molar-refractivity contribution in [1.29, 1.82) is 0 Å². The van der Waals surface area contributed by atoms with Crippen molar-refractivity contribution in [2.45, 2.75) is 33.7 Å². The van der Waals surface area contributed by atoms with Crippen molar-refractivity contribution in [3.8, 4) is 0 Å². The lowest BCUT2D eigenvalue weighted by Crippen LogP contribution is -2.37. The highest BCUT2D eigenvalue weighted by atomic mass is 16.4. The summed E-state index contributed by atoms with van der Waals surface area (Å²) in [6, 6.07) is 7.48. The summed E-state index contributed by atoms with van der Waals surface area (Å²) < 4.78 is 0. The number of carbonyl (C=O) groups excluding carboxylic acids is 1. The van der Waals surface area contributed by atoms with Crippen LogP contribution in [0.1, 0.15) is 38.1 Å². The third-order valence-electron chi connectivity index (χ3n) is 3.12. The van der Waals surface area contributed by atoms with Crippen LogP contribution in [0.15, 0.2) is 24.3 Å². The maximum absolute atomic E-state index is 11.2. The lowest BCUT2D eigenvalue weighted by atomic mass is 10.1. The van der Waals surface area contributed by atoms with E-state index in [9.17, 15) is 9.59 Å². The van der Waals surface area contributed by atoms with E-state index in [1.807, 2.05) is 30.9 Å². The summed E-state index contributed by atoms with van der Waals surface area (Å²) in [6.45, 7) is 7.72. The first-order chi connectivity index (χ1) is 8.82. The van der Waals surface area contributed by atoms with E-state index in [-0.39, 0.29) is 11.8 Å². The quantitative estimate of drug-likeness (QED) is 0.802. The monoisotopic (exact) mass is 263 g/mol. The fourth-order valence-corrected chi connectivity index (χ4v) is 1.88. The summed E-state index contributed by atoms with van der Waals surface area (Å²) in [6.07, 6.45) is 0. The zero-order chi connectivity index (χ0) is 14.6. The molecule has 4 nitrogen and oxygen atoms in total. The van der Waals surface area contributed by atoms with Gasteiger partial charge in [-0.15, -0.1) is 0 Å². The molecule has 0 radical (unpaired) electrons. The molecule has 0 fully saturated rings. The molecule has 0 spiro atoms. The van der Waals surface area contributed by atoms with E-state index in [0.717, 1.165) is 5.69 Å². The highest BCUT2D eigenvalue weighted by molar-refractivity contribution is 5.94. The van der Waals surface area contributed by atoms with Crippen molar-refractivity contribution in [1.82, 2.24) is 0 Å². The Kier molecular flexibility index (Phi) is 5.10.